The molecule has 4 aromatic heterocycles. The molecular weight excluding hydrogens is 950 g/mol. The molecule has 10 rings (SSSR count). The molecule has 2 bridgehead atoms. The fraction of sp³-hybridized carbons (Fsp3) is 0.585. The number of pyridine rings is 1. The third-order valence-electron chi connectivity index (χ3n) is 15.8. The lowest BCUT2D eigenvalue weighted by Gasteiger charge is -2.35. The molecule has 7 atom stereocenters. The minimum atomic E-state index is -0.898. The van der Waals surface area contributed by atoms with Crippen molar-refractivity contribution in [1.82, 2.24) is 60.8 Å². The summed E-state index contributed by atoms with van der Waals surface area (Å²) in [5.41, 5.74) is 5.61. The van der Waals surface area contributed by atoms with Crippen LogP contribution in [0.15, 0.2) is 48.4 Å². The zero-order chi connectivity index (χ0) is 51.0. The molecule has 3 unspecified atom stereocenters. The molecule has 20 heteroatoms. The average molecular weight is 1020 g/mol. The normalized spacial score (nSPS) is 24.3. The van der Waals surface area contributed by atoms with Gasteiger partial charge in [-0.25, -0.2) is 9.37 Å². The number of benzene rings is 1. The SMILES string of the molecule is Cc1ncsc1-c1ccc(CNC(=O)[C@H]2C[C@H](O)CN2C(=O)C(NC(=O)CCNCCc2cnn(C[C@H]3CC[C@@]4(COc5nc(N6CC7CCC(C6)N7)c6cnc(C)c(F)c6n5)CCCN34)c2)C(C)(C)C)cc1. The highest BCUT2D eigenvalue weighted by Crippen LogP contribution is 2.43. The van der Waals surface area contributed by atoms with E-state index in [1.807, 2.05) is 68.3 Å². The summed E-state index contributed by atoms with van der Waals surface area (Å²) in [7, 11) is 0. The number of thiazole rings is 1. The van der Waals surface area contributed by atoms with Crippen molar-refractivity contribution in [2.75, 3.05) is 50.8 Å². The molecule has 5 aliphatic rings. The summed E-state index contributed by atoms with van der Waals surface area (Å²) < 4.78 is 24.1. The molecule has 5 saturated heterocycles. The summed E-state index contributed by atoms with van der Waals surface area (Å²) >= 11 is 1.58. The molecule has 0 spiro atoms. The maximum atomic E-state index is 15.6. The quantitative estimate of drug-likeness (QED) is 0.0770. The summed E-state index contributed by atoms with van der Waals surface area (Å²) in [4.78, 5) is 66.6. The summed E-state index contributed by atoms with van der Waals surface area (Å²) in [5, 5.41) is 29.0. The third kappa shape index (κ3) is 11.1. The van der Waals surface area contributed by atoms with Crippen LogP contribution in [-0.2, 0) is 33.9 Å². The van der Waals surface area contributed by atoms with Crippen molar-refractivity contribution < 1.29 is 28.6 Å². The second-order valence-corrected chi connectivity index (χ2v) is 22.9. The lowest BCUT2D eigenvalue weighted by Crippen LogP contribution is -2.57. The van der Waals surface area contributed by atoms with Crippen LogP contribution in [0.3, 0.4) is 0 Å². The van der Waals surface area contributed by atoms with Crippen molar-refractivity contribution in [3.63, 3.8) is 0 Å². The van der Waals surface area contributed by atoms with E-state index in [-0.39, 0.29) is 60.7 Å². The Balaban J connectivity index is 0.677. The number of aryl methyl sites for hydroxylation is 2. The molecule has 5 fully saturated rings. The number of nitrogens with zero attached hydrogens (tertiary/aromatic N) is 9. The van der Waals surface area contributed by atoms with E-state index in [0.717, 1.165) is 98.4 Å². The number of carbonyl (C=O) groups is 3. The van der Waals surface area contributed by atoms with Gasteiger partial charge in [0, 0.05) is 76.1 Å². The van der Waals surface area contributed by atoms with Gasteiger partial charge in [0.05, 0.1) is 51.5 Å². The molecule has 5 aromatic rings. The molecule has 5 aliphatic heterocycles. The topological polar surface area (TPSA) is 208 Å². The van der Waals surface area contributed by atoms with Crippen LogP contribution >= 0.6 is 11.3 Å². The fourth-order valence-corrected chi connectivity index (χ4v) is 12.6. The van der Waals surface area contributed by atoms with Gasteiger partial charge >= 0.3 is 6.01 Å². The fourth-order valence-electron chi connectivity index (χ4n) is 11.8. The zero-order valence-electron chi connectivity index (χ0n) is 42.7. The van der Waals surface area contributed by atoms with E-state index in [4.69, 9.17) is 14.8 Å². The number of aliphatic hydroxyl groups excluding tert-OH is 1. The second kappa shape index (κ2) is 21.3. The number of nitrogens with one attached hydrogen (secondary N) is 4. The first-order valence-electron chi connectivity index (χ1n) is 26.1. The highest BCUT2D eigenvalue weighted by molar-refractivity contribution is 7.13. The summed E-state index contributed by atoms with van der Waals surface area (Å²) in [5.74, 6) is -0.744. The van der Waals surface area contributed by atoms with Crippen LogP contribution in [0.5, 0.6) is 6.01 Å². The molecule has 0 aliphatic carbocycles. The number of carbonyl (C=O) groups excluding carboxylic acids is 3. The first kappa shape index (κ1) is 50.8. The Morgan fingerprint density at radius 2 is 1.78 bits per heavy atom. The van der Waals surface area contributed by atoms with Crippen molar-refractivity contribution >= 4 is 45.8 Å². The Hall–Kier alpha value is -5.67. The van der Waals surface area contributed by atoms with Gasteiger partial charge in [0.25, 0.3) is 0 Å². The highest BCUT2D eigenvalue weighted by atomic mass is 32.1. The Morgan fingerprint density at radius 3 is 2.53 bits per heavy atom. The van der Waals surface area contributed by atoms with Crippen molar-refractivity contribution in [3.8, 4) is 16.5 Å². The Kier molecular flexibility index (Phi) is 14.8. The van der Waals surface area contributed by atoms with Gasteiger partial charge < -0.3 is 40.9 Å². The molecule has 18 nitrogen and oxygen atoms in total. The van der Waals surface area contributed by atoms with Crippen LogP contribution in [0.2, 0.25) is 0 Å². The molecular formula is C53H70FN13O5S. The van der Waals surface area contributed by atoms with E-state index in [0.29, 0.717) is 54.7 Å². The van der Waals surface area contributed by atoms with E-state index in [1.54, 1.807) is 24.5 Å². The maximum absolute atomic E-state index is 15.6. The molecule has 0 saturated carbocycles. The van der Waals surface area contributed by atoms with Crippen molar-refractivity contribution in [2.24, 2.45) is 5.41 Å². The number of β-amino-alcohol motifs (C(OH)–C–C–N with tert-alkyl or cyclic N) is 1. The second-order valence-electron chi connectivity index (χ2n) is 22.1. The number of halogens is 1. The molecule has 390 valence electrons. The van der Waals surface area contributed by atoms with E-state index in [2.05, 4.69) is 52.2 Å². The van der Waals surface area contributed by atoms with Gasteiger partial charge in [0.15, 0.2) is 5.82 Å². The van der Waals surface area contributed by atoms with Crippen LogP contribution in [-0.4, -0.2) is 150 Å². The van der Waals surface area contributed by atoms with Gasteiger partial charge in [-0.3, -0.25) is 28.9 Å². The number of rotatable bonds is 18. The number of piperazine rings is 1. The third-order valence-corrected chi connectivity index (χ3v) is 16.7. The molecule has 9 heterocycles. The predicted molar refractivity (Wildman–Crippen MR) is 276 cm³/mol. The first-order chi connectivity index (χ1) is 35.1. The summed E-state index contributed by atoms with van der Waals surface area (Å²) in [6.07, 6.45) is 12.2. The van der Waals surface area contributed by atoms with E-state index < -0.39 is 29.4 Å². The van der Waals surface area contributed by atoms with Crippen molar-refractivity contribution in [3.05, 3.63) is 76.7 Å². The van der Waals surface area contributed by atoms with E-state index in [9.17, 15) is 19.5 Å². The molecule has 5 N–H and O–H groups in total. The standard InChI is InChI=1S/C53H70FN13O5S/c1-32-44(54)45-41(24-56-32)48(64-26-37-11-12-38(27-64)60-37)63-51(62-45)72-30-53-16-6-20-67(53)39(13-17-53)28-65-25-35(23-59-65)14-18-55-19-15-43(69)61-47(52(3,4)5)50(71)66-29-40(68)21-42(66)49(70)57-22-34-7-9-36(10-8-34)46-33(2)58-31-73-46/h7-10,23-25,31,37-40,42,47,55,60,68H,6,11-22,26-30H2,1-5H3,(H,57,70)(H,61,69)/t37?,38?,39-,40+,42-,47?,53-/m1/s1. The van der Waals surface area contributed by atoms with Gasteiger partial charge in [0.2, 0.25) is 17.7 Å². The van der Waals surface area contributed by atoms with Crippen LogP contribution in [0.4, 0.5) is 10.2 Å². The zero-order valence-corrected chi connectivity index (χ0v) is 43.5. The lowest BCUT2D eigenvalue weighted by atomic mass is 9.85. The molecule has 0 radical (unpaired) electrons. The minimum absolute atomic E-state index is 0.0128. The molecule has 3 amide bonds. The van der Waals surface area contributed by atoms with Gasteiger partial charge in [-0.2, -0.15) is 15.1 Å². The Morgan fingerprint density at radius 1 is 0.986 bits per heavy atom. The van der Waals surface area contributed by atoms with E-state index in [1.165, 1.54) is 4.90 Å². The van der Waals surface area contributed by atoms with Gasteiger partial charge in [-0.1, -0.05) is 45.0 Å². The number of hydrogen-bond donors (Lipinski definition) is 5. The van der Waals surface area contributed by atoms with Crippen LogP contribution < -0.4 is 30.9 Å². The van der Waals surface area contributed by atoms with Crippen LogP contribution in [0, 0.1) is 25.1 Å². The number of anilines is 1. The molecule has 73 heavy (non-hydrogen) atoms. The number of likely N-dealkylation sites (tertiary alicyclic amines) is 1. The van der Waals surface area contributed by atoms with Crippen LogP contribution in [0.25, 0.3) is 21.3 Å². The number of aliphatic hydroxyl groups is 1. The predicted octanol–water partition coefficient (Wildman–Crippen LogP) is 4.45. The van der Waals surface area contributed by atoms with Gasteiger partial charge in [-0.05, 0) is 94.0 Å². The Bertz CT molecular complexity index is 2790. The van der Waals surface area contributed by atoms with Gasteiger partial charge in [0.1, 0.15) is 30.0 Å². The monoisotopic (exact) mass is 1020 g/mol. The smallest absolute Gasteiger partial charge is 0.319 e. The molecule has 1 aromatic carbocycles. The lowest BCUT2D eigenvalue weighted by molar-refractivity contribution is -0.144. The summed E-state index contributed by atoms with van der Waals surface area (Å²) in [6, 6.07) is 7.46. The number of aromatic nitrogens is 6. The van der Waals surface area contributed by atoms with Gasteiger partial charge in [-0.15, -0.1) is 11.3 Å². The highest BCUT2D eigenvalue weighted by Gasteiger charge is 2.50. The van der Waals surface area contributed by atoms with E-state index >= 15 is 4.39 Å². The number of amides is 3. The average Bonchev–Trinajstić information content (AvgIpc) is 4.25. The number of ether oxygens (including phenoxy) is 1. The first-order valence-corrected chi connectivity index (χ1v) is 27.0. The maximum Gasteiger partial charge on any atom is 0.319 e. The number of fused-ring (bicyclic) bond motifs is 4. The van der Waals surface area contributed by atoms with Crippen LogP contribution in [0.1, 0.15) is 94.7 Å². The summed E-state index contributed by atoms with van der Waals surface area (Å²) in [6.45, 7) is 14.4. The van der Waals surface area contributed by atoms with Crippen molar-refractivity contribution in [1.29, 1.82) is 0 Å². The largest absolute Gasteiger partial charge is 0.461 e. The Labute approximate surface area is 430 Å². The number of hydrogen-bond acceptors (Lipinski definition) is 15. The van der Waals surface area contributed by atoms with Crippen molar-refractivity contribution in [2.45, 2.75) is 147 Å². The minimum Gasteiger partial charge on any atom is -0.461 e.